The third-order valence-corrected chi connectivity index (χ3v) is 4.62. The Kier molecular flexibility index (Phi) is 7.76. The predicted octanol–water partition coefficient (Wildman–Crippen LogP) is 4.47. The number of amides is 2. The van der Waals surface area contributed by atoms with Crippen molar-refractivity contribution in [1.82, 2.24) is 4.90 Å². The average molecular weight is 444 g/mol. The van der Waals surface area contributed by atoms with Gasteiger partial charge in [-0.05, 0) is 42.3 Å². The Morgan fingerprint density at radius 2 is 1.87 bits per heavy atom. The van der Waals surface area contributed by atoms with Crippen LogP contribution in [0.5, 0.6) is 0 Å². The lowest BCUT2D eigenvalue weighted by Gasteiger charge is -2.14. The van der Waals surface area contributed by atoms with E-state index in [0.717, 1.165) is 0 Å². The largest absolute Gasteiger partial charge is 0.465 e. The first-order valence-corrected chi connectivity index (χ1v) is 9.31. The van der Waals surface area contributed by atoms with Gasteiger partial charge in [-0.15, -0.1) is 0 Å². The van der Waals surface area contributed by atoms with Crippen LogP contribution in [0.3, 0.4) is 0 Å². The van der Waals surface area contributed by atoms with Crippen LogP contribution < -0.4 is 5.43 Å². The fraction of sp³-hybridized carbons (Fsp3) is 0.150. The van der Waals surface area contributed by atoms with Gasteiger partial charge in [0.25, 0.3) is 5.91 Å². The van der Waals surface area contributed by atoms with Crippen LogP contribution in [-0.2, 0) is 4.79 Å². The van der Waals surface area contributed by atoms with Gasteiger partial charge >= 0.3 is 6.09 Å². The Morgan fingerprint density at radius 3 is 2.37 bits per heavy atom. The quantitative estimate of drug-likeness (QED) is 0.500. The standard InChI is InChI=1S/C20H15Cl2N5O3/c1-2-27(20(29)30)19(28)18(11-24)26-25-14-7-8-15(17(22)9-14)16(10-23)12-3-5-13(21)6-4-12/h3-9,16,25H,2H2,1H3,(H,29,30)/b26-18+. The summed E-state index contributed by atoms with van der Waals surface area (Å²) in [7, 11) is 0. The first kappa shape index (κ1) is 22.7. The van der Waals surface area contributed by atoms with Gasteiger partial charge in [0.15, 0.2) is 0 Å². The number of nitrogens with zero attached hydrogens (tertiary/aromatic N) is 4. The van der Waals surface area contributed by atoms with E-state index in [1.807, 2.05) is 0 Å². The molecule has 2 aromatic rings. The van der Waals surface area contributed by atoms with Crippen molar-refractivity contribution in [3.05, 3.63) is 63.6 Å². The van der Waals surface area contributed by atoms with Crippen LogP contribution in [0.1, 0.15) is 24.0 Å². The summed E-state index contributed by atoms with van der Waals surface area (Å²) in [5, 5.41) is 32.2. The van der Waals surface area contributed by atoms with Crippen molar-refractivity contribution in [3.63, 3.8) is 0 Å². The predicted molar refractivity (Wildman–Crippen MR) is 112 cm³/mol. The molecule has 0 radical (unpaired) electrons. The molecular formula is C20H15Cl2N5O3. The molecule has 0 aliphatic carbocycles. The van der Waals surface area contributed by atoms with Gasteiger partial charge in [0.05, 0.1) is 17.7 Å². The SMILES string of the molecule is CCN(C(=O)O)C(=O)/C(C#N)=N/Nc1ccc(C(C#N)c2ccc(Cl)cc2)c(Cl)c1. The molecule has 0 bridgehead atoms. The van der Waals surface area contributed by atoms with Crippen molar-refractivity contribution < 1.29 is 14.7 Å². The van der Waals surface area contributed by atoms with E-state index < -0.39 is 23.6 Å². The van der Waals surface area contributed by atoms with Crippen LogP contribution in [0, 0.1) is 22.7 Å². The molecule has 0 aliphatic rings. The Balaban J connectivity index is 2.26. The van der Waals surface area contributed by atoms with Crippen LogP contribution in [0.15, 0.2) is 47.6 Å². The van der Waals surface area contributed by atoms with Crippen LogP contribution in [0.2, 0.25) is 10.0 Å². The summed E-state index contributed by atoms with van der Waals surface area (Å²) in [5.74, 6) is -1.67. The number of hydrogen-bond acceptors (Lipinski definition) is 6. The summed E-state index contributed by atoms with van der Waals surface area (Å²) >= 11 is 12.2. The molecule has 10 heteroatoms. The van der Waals surface area contributed by atoms with Gasteiger partial charge in [-0.3, -0.25) is 10.2 Å². The molecule has 152 valence electrons. The van der Waals surface area contributed by atoms with Crippen molar-refractivity contribution in [3.8, 4) is 12.1 Å². The second kappa shape index (κ2) is 10.3. The van der Waals surface area contributed by atoms with Crippen LogP contribution in [0.4, 0.5) is 10.5 Å². The van der Waals surface area contributed by atoms with E-state index in [0.29, 0.717) is 26.7 Å². The number of anilines is 1. The smallest absolute Gasteiger partial charge is 0.414 e. The van der Waals surface area contributed by atoms with Crippen LogP contribution in [-0.4, -0.2) is 34.3 Å². The molecule has 0 aliphatic heterocycles. The zero-order valence-electron chi connectivity index (χ0n) is 15.6. The maximum atomic E-state index is 12.1. The van der Waals surface area contributed by atoms with Crippen molar-refractivity contribution >= 4 is 46.6 Å². The van der Waals surface area contributed by atoms with E-state index in [1.165, 1.54) is 13.0 Å². The maximum absolute atomic E-state index is 12.1. The number of halogens is 2. The van der Waals surface area contributed by atoms with E-state index in [-0.39, 0.29) is 11.6 Å². The zero-order chi connectivity index (χ0) is 22.3. The highest BCUT2D eigenvalue weighted by atomic mass is 35.5. The summed E-state index contributed by atoms with van der Waals surface area (Å²) in [6.45, 7) is 1.33. The van der Waals surface area contributed by atoms with Gasteiger partial charge in [0.2, 0.25) is 5.71 Å². The minimum atomic E-state index is -1.48. The molecule has 30 heavy (non-hydrogen) atoms. The number of rotatable bonds is 6. The molecule has 8 nitrogen and oxygen atoms in total. The third-order valence-electron chi connectivity index (χ3n) is 4.04. The third kappa shape index (κ3) is 5.26. The van der Waals surface area contributed by atoms with Crippen molar-refractivity contribution in [2.75, 3.05) is 12.0 Å². The first-order chi connectivity index (χ1) is 14.3. The lowest BCUT2D eigenvalue weighted by molar-refractivity contribution is -0.121. The van der Waals surface area contributed by atoms with Gasteiger partial charge in [-0.2, -0.15) is 15.6 Å². The zero-order valence-corrected chi connectivity index (χ0v) is 17.1. The fourth-order valence-corrected chi connectivity index (χ4v) is 2.96. The van der Waals surface area contributed by atoms with Gasteiger partial charge in [0.1, 0.15) is 6.07 Å². The summed E-state index contributed by atoms with van der Waals surface area (Å²) < 4.78 is 0. The second-order valence-corrected chi connectivity index (χ2v) is 6.71. The fourth-order valence-electron chi connectivity index (χ4n) is 2.54. The van der Waals surface area contributed by atoms with E-state index >= 15 is 0 Å². The molecule has 1 atom stereocenters. The van der Waals surface area contributed by atoms with Gasteiger partial charge in [0, 0.05) is 16.6 Å². The lowest BCUT2D eigenvalue weighted by atomic mass is 9.92. The molecule has 0 heterocycles. The number of hydrogen-bond donors (Lipinski definition) is 2. The molecule has 0 saturated carbocycles. The monoisotopic (exact) mass is 443 g/mol. The molecule has 2 aromatic carbocycles. The number of nitriles is 2. The highest BCUT2D eigenvalue weighted by Crippen LogP contribution is 2.32. The Bertz CT molecular complexity index is 1070. The number of hydrazone groups is 1. The van der Waals surface area contributed by atoms with Crippen LogP contribution >= 0.6 is 23.2 Å². The molecule has 0 aromatic heterocycles. The Morgan fingerprint density at radius 1 is 1.20 bits per heavy atom. The highest BCUT2D eigenvalue weighted by Gasteiger charge is 2.24. The van der Waals surface area contributed by atoms with Crippen molar-refractivity contribution in [2.45, 2.75) is 12.8 Å². The van der Waals surface area contributed by atoms with E-state index in [4.69, 9.17) is 33.6 Å². The minimum Gasteiger partial charge on any atom is -0.465 e. The van der Waals surface area contributed by atoms with E-state index in [1.54, 1.807) is 42.5 Å². The molecule has 0 spiro atoms. The number of imide groups is 1. The molecule has 2 amide bonds. The number of nitrogens with one attached hydrogen (secondary N) is 1. The number of benzene rings is 2. The topological polar surface area (TPSA) is 130 Å². The van der Waals surface area contributed by atoms with Crippen LogP contribution in [0.25, 0.3) is 0 Å². The Hall–Kier alpha value is -3.59. The number of carbonyl (C=O) groups excluding carboxylic acids is 1. The van der Waals surface area contributed by atoms with Gasteiger partial charge in [-0.25, -0.2) is 9.69 Å². The molecule has 0 fully saturated rings. The first-order valence-electron chi connectivity index (χ1n) is 8.55. The van der Waals surface area contributed by atoms with Crippen molar-refractivity contribution in [2.24, 2.45) is 5.10 Å². The molecule has 2 rings (SSSR count). The Labute approximate surface area is 182 Å². The molecule has 2 N–H and O–H groups in total. The minimum absolute atomic E-state index is 0.129. The molecule has 0 saturated heterocycles. The molecule has 1 unspecified atom stereocenters. The number of carbonyl (C=O) groups is 2. The van der Waals surface area contributed by atoms with Crippen molar-refractivity contribution in [1.29, 1.82) is 10.5 Å². The van der Waals surface area contributed by atoms with E-state index in [2.05, 4.69) is 16.6 Å². The normalized spacial score (nSPS) is 11.7. The van der Waals surface area contributed by atoms with Gasteiger partial charge in [-0.1, -0.05) is 41.4 Å². The number of carboxylic acid groups (broad SMARTS) is 1. The summed E-state index contributed by atoms with van der Waals surface area (Å²) in [6, 6.07) is 15.2. The van der Waals surface area contributed by atoms with E-state index in [9.17, 15) is 14.9 Å². The summed E-state index contributed by atoms with van der Waals surface area (Å²) in [4.78, 5) is 23.6. The highest BCUT2D eigenvalue weighted by molar-refractivity contribution is 6.46. The summed E-state index contributed by atoms with van der Waals surface area (Å²) in [5.41, 5.74) is 3.49. The maximum Gasteiger partial charge on any atom is 0.414 e. The lowest BCUT2D eigenvalue weighted by Crippen LogP contribution is -2.40. The second-order valence-electron chi connectivity index (χ2n) is 5.87. The molecular weight excluding hydrogens is 429 g/mol. The van der Waals surface area contributed by atoms with Gasteiger partial charge < -0.3 is 5.11 Å². The average Bonchev–Trinajstić information content (AvgIpc) is 2.72. The summed E-state index contributed by atoms with van der Waals surface area (Å²) in [6.07, 6.45) is -1.48.